The first kappa shape index (κ1) is 14.1. The number of nitrogens with one attached hydrogen (secondary N) is 1. The Bertz CT molecular complexity index is 581. The van der Waals surface area contributed by atoms with E-state index >= 15 is 0 Å². The van der Waals surface area contributed by atoms with Gasteiger partial charge in [0.05, 0.1) is 18.0 Å². The highest BCUT2D eigenvalue weighted by atomic mass is 16.4. The van der Waals surface area contributed by atoms with Gasteiger partial charge in [-0.1, -0.05) is 0 Å². The minimum atomic E-state index is -0.820. The van der Waals surface area contributed by atoms with Gasteiger partial charge in [-0.2, -0.15) is 5.10 Å². The molecule has 0 aromatic carbocycles. The fourth-order valence-electron chi connectivity index (χ4n) is 4.04. The minimum absolute atomic E-state index is 0.113. The van der Waals surface area contributed by atoms with Crippen LogP contribution in [-0.4, -0.2) is 26.8 Å². The summed E-state index contributed by atoms with van der Waals surface area (Å²) in [5, 5.41) is 16.4. The Morgan fingerprint density at radius 1 is 1.38 bits per heavy atom. The maximum atomic E-state index is 12.4. The summed E-state index contributed by atoms with van der Waals surface area (Å²) < 4.78 is 1.76. The summed E-state index contributed by atoms with van der Waals surface area (Å²) >= 11 is 0. The molecule has 2 bridgehead atoms. The van der Waals surface area contributed by atoms with Crippen molar-refractivity contribution in [1.82, 2.24) is 15.1 Å². The number of fused-ring (bicyclic) bond motifs is 2. The Labute approximate surface area is 123 Å². The molecule has 2 fully saturated rings. The van der Waals surface area contributed by atoms with Gasteiger partial charge in [0.1, 0.15) is 0 Å². The normalized spacial score (nSPS) is 30.6. The third-order valence-corrected chi connectivity index (χ3v) is 5.29. The Hall–Kier alpha value is -1.85. The van der Waals surface area contributed by atoms with Crippen LogP contribution in [0.5, 0.6) is 0 Å². The fourth-order valence-corrected chi connectivity index (χ4v) is 4.04. The van der Waals surface area contributed by atoms with E-state index in [0.29, 0.717) is 6.54 Å². The number of amides is 1. The Kier molecular flexibility index (Phi) is 3.47. The molecule has 0 radical (unpaired) electrons. The molecule has 0 spiro atoms. The second-order valence-electron chi connectivity index (χ2n) is 6.32. The molecule has 4 atom stereocenters. The number of aliphatic carboxylic acids is 1. The van der Waals surface area contributed by atoms with E-state index in [1.54, 1.807) is 10.9 Å². The summed E-state index contributed by atoms with van der Waals surface area (Å²) in [6.45, 7) is 2.37. The lowest BCUT2D eigenvalue weighted by atomic mass is 9.78. The minimum Gasteiger partial charge on any atom is -0.481 e. The number of aromatic nitrogens is 2. The van der Waals surface area contributed by atoms with E-state index in [1.807, 2.05) is 14.0 Å². The Balaban J connectivity index is 1.67. The van der Waals surface area contributed by atoms with Crippen LogP contribution in [0.1, 0.15) is 30.5 Å². The van der Waals surface area contributed by atoms with E-state index < -0.39 is 11.9 Å². The average Bonchev–Trinajstić information content (AvgIpc) is 3.13. The van der Waals surface area contributed by atoms with E-state index in [-0.39, 0.29) is 23.7 Å². The summed E-state index contributed by atoms with van der Waals surface area (Å²) in [7, 11) is 1.86. The molecule has 6 heteroatoms. The van der Waals surface area contributed by atoms with Gasteiger partial charge in [-0.25, -0.2) is 0 Å². The Morgan fingerprint density at radius 2 is 2.05 bits per heavy atom. The largest absolute Gasteiger partial charge is 0.481 e. The number of aryl methyl sites for hydroxylation is 1. The highest BCUT2D eigenvalue weighted by Crippen LogP contribution is 2.52. The van der Waals surface area contributed by atoms with Crippen molar-refractivity contribution in [3.05, 3.63) is 17.5 Å². The zero-order chi connectivity index (χ0) is 15.1. The standard InChI is InChI=1S/C15H21N3O3/c1-8-11(7-17-18(8)2)6-16-14(19)12-9-3-4-10(5-9)13(12)15(20)21/h7,9-10,12-13H,3-6H2,1-2H3,(H,16,19)(H,20,21). The molecule has 0 saturated heterocycles. The summed E-state index contributed by atoms with van der Waals surface area (Å²) in [4.78, 5) is 23.9. The molecule has 6 nitrogen and oxygen atoms in total. The van der Waals surface area contributed by atoms with E-state index in [1.165, 1.54) is 0 Å². The van der Waals surface area contributed by atoms with Crippen LogP contribution in [0.2, 0.25) is 0 Å². The van der Waals surface area contributed by atoms with Crippen LogP contribution in [0.4, 0.5) is 0 Å². The van der Waals surface area contributed by atoms with Crippen molar-refractivity contribution in [3.8, 4) is 0 Å². The number of rotatable bonds is 4. The zero-order valence-corrected chi connectivity index (χ0v) is 12.4. The molecule has 1 aromatic heterocycles. The molecule has 114 valence electrons. The first-order valence-electron chi connectivity index (χ1n) is 7.47. The number of carboxylic acids is 1. The molecule has 3 rings (SSSR count). The van der Waals surface area contributed by atoms with Crippen molar-refractivity contribution in [1.29, 1.82) is 0 Å². The lowest BCUT2D eigenvalue weighted by Crippen LogP contribution is -2.41. The highest BCUT2D eigenvalue weighted by molar-refractivity contribution is 5.86. The number of nitrogens with zero attached hydrogens (tertiary/aromatic N) is 2. The maximum absolute atomic E-state index is 12.4. The summed E-state index contributed by atoms with van der Waals surface area (Å²) in [5.41, 5.74) is 1.99. The molecular weight excluding hydrogens is 270 g/mol. The quantitative estimate of drug-likeness (QED) is 0.869. The highest BCUT2D eigenvalue weighted by Gasteiger charge is 2.53. The fraction of sp³-hybridized carbons (Fsp3) is 0.667. The molecule has 1 heterocycles. The van der Waals surface area contributed by atoms with Gasteiger partial charge >= 0.3 is 5.97 Å². The average molecular weight is 291 g/mol. The lowest BCUT2D eigenvalue weighted by molar-refractivity contribution is -0.149. The molecule has 0 aliphatic heterocycles. The molecule has 2 aliphatic carbocycles. The monoisotopic (exact) mass is 291 g/mol. The van der Waals surface area contributed by atoms with Gasteiger partial charge in [-0.15, -0.1) is 0 Å². The topological polar surface area (TPSA) is 84.2 Å². The van der Waals surface area contributed by atoms with Crippen LogP contribution < -0.4 is 5.32 Å². The number of carboxylic acid groups (broad SMARTS) is 1. The van der Waals surface area contributed by atoms with Crippen LogP contribution in [0.3, 0.4) is 0 Å². The lowest BCUT2D eigenvalue weighted by Gasteiger charge is -2.27. The summed E-state index contributed by atoms with van der Waals surface area (Å²) in [6, 6.07) is 0. The second kappa shape index (κ2) is 5.16. The molecule has 21 heavy (non-hydrogen) atoms. The number of hydrogen-bond acceptors (Lipinski definition) is 3. The molecule has 2 saturated carbocycles. The van der Waals surface area contributed by atoms with Gasteiger partial charge in [0.15, 0.2) is 0 Å². The predicted octanol–water partition coefficient (Wildman–Crippen LogP) is 1.09. The van der Waals surface area contributed by atoms with Gasteiger partial charge in [-0.3, -0.25) is 14.3 Å². The van der Waals surface area contributed by atoms with Gasteiger partial charge in [-0.05, 0) is 38.0 Å². The van der Waals surface area contributed by atoms with E-state index in [4.69, 9.17) is 0 Å². The molecule has 2 N–H and O–H groups in total. The predicted molar refractivity (Wildman–Crippen MR) is 75.2 cm³/mol. The van der Waals surface area contributed by atoms with E-state index in [0.717, 1.165) is 30.5 Å². The molecule has 1 aromatic rings. The first-order valence-corrected chi connectivity index (χ1v) is 7.47. The third kappa shape index (κ3) is 2.32. The van der Waals surface area contributed by atoms with Gasteiger partial charge in [0.25, 0.3) is 0 Å². The van der Waals surface area contributed by atoms with Crippen molar-refractivity contribution in [2.24, 2.45) is 30.7 Å². The molecular formula is C15H21N3O3. The van der Waals surface area contributed by atoms with Crippen LogP contribution in [0.15, 0.2) is 6.20 Å². The SMILES string of the molecule is Cc1c(CNC(=O)C2C3CCC(C3)C2C(=O)O)cnn1C. The number of carbonyl (C=O) groups excluding carboxylic acids is 1. The maximum Gasteiger partial charge on any atom is 0.307 e. The number of carbonyl (C=O) groups is 2. The second-order valence-corrected chi connectivity index (χ2v) is 6.32. The van der Waals surface area contributed by atoms with Crippen molar-refractivity contribution in [3.63, 3.8) is 0 Å². The molecule has 2 aliphatic rings. The van der Waals surface area contributed by atoms with Crippen LogP contribution in [0.25, 0.3) is 0 Å². The van der Waals surface area contributed by atoms with Gasteiger partial charge in [0, 0.05) is 24.8 Å². The summed E-state index contributed by atoms with van der Waals surface area (Å²) in [5.74, 6) is -1.37. The third-order valence-electron chi connectivity index (χ3n) is 5.29. The van der Waals surface area contributed by atoms with Crippen LogP contribution >= 0.6 is 0 Å². The van der Waals surface area contributed by atoms with Crippen LogP contribution in [0, 0.1) is 30.6 Å². The van der Waals surface area contributed by atoms with Gasteiger partial charge < -0.3 is 10.4 Å². The Morgan fingerprint density at radius 3 is 2.62 bits per heavy atom. The van der Waals surface area contributed by atoms with Crippen molar-refractivity contribution in [2.45, 2.75) is 32.7 Å². The van der Waals surface area contributed by atoms with E-state index in [2.05, 4.69) is 10.4 Å². The molecule has 4 unspecified atom stereocenters. The number of hydrogen-bond donors (Lipinski definition) is 2. The first-order chi connectivity index (χ1) is 9.99. The van der Waals surface area contributed by atoms with Gasteiger partial charge in [0.2, 0.25) is 5.91 Å². The van der Waals surface area contributed by atoms with Crippen molar-refractivity contribution in [2.75, 3.05) is 0 Å². The molecule has 1 amide bonds. The van der Waals surface area contributed by atoms with Crippen LogP contribution in [-0.2, 0) is 23.2 Å². The van der Waals surface area contributed by atoms with E-state index in [9.17, 15) is 14.7 Å². The van der Waals surface area contributed by atoms with Crippen molar-refractivity contribution < 1.29 is 14.7 Å². The van der Waals surface area contributed by atoms with Crippen molar-refractivity contribution >= 4 is 11.9 Å². The smallest absolute Gasteiger partial charge is 0.307 e. The summed E-state index contributed by atoms with van der Waals surface area (Å²) in [6.07, 6.45) is 4.57. The zero-order valence-electron chi connectivity index (χ0n) is 12.4.